The summed E-state index contributed by atoms with van der Waals surface area (Å²) >= 11 is 9.51. The van der Waals surface area contributed by atoms with Gasteiger partial charge in [-0.15, -0.1) is 0 Å². The summed E-state index contributed by atoms with van der Waals surface area (Å²) in [7, 11) is 0. The number of rotatable bonds is 5. The largest absolute Gasteiger partial charge is 0.396 e. The number of aliphatic hydroxyl groups is 1. The Balaban J connectivity index is 1.90. The summed E-state index contributed by atoms with van der Waals surface area (Å²) < 4.78 is 6.41. The topological polar surface area (TPSA) is 41.5 Å². The van der Waals surface area contributed by atoms with E-state index in [9.17, 15) is 5.11 Å². The van der Waals surface area contributed by atoms with Crippen LogP contribution in [0.1, 0.15) is 18.4 Å². The lowest BCUT2D eigenvalue weighted by atomic mass is 9.81. The molecule has 2 rings (SSSR count). The molecule has 0 bridgehead atoms. The van der Waals surface area contributed by atoms with E-state index in [1.54, 1.807) is 0 Å². The van der Waals surface area contributed by atoms with E-state index in [4.69, 9.17) is 16.3 Å². The van der Waals surface area contributed by atoms with Gasteiger partial charge in [0.1, 0.15) is 0 Å². The van der Waals surface area contributed by atoms with E-state index in [1.807, 2.05) is 18.2 Å². The van der Waals surface area contributed by atoms with Gasteiger partial charge in [-0.2, -0.15) is 0 Å². The molecule has 1 fully saturated rings. The Morgan fingerprint density at radius 2 is 2.11 bits per heavy atom. The Labute approximate surface area is 127 Å². The SMILES string of the molecule is OCC1(CNCc2cc(Cl)ccc2Br)CCOCC1. The van der Waals surface area contributed by atoms with Crippen LogP contribution < -0.4 is 5.32 Å². The molecule has 0 radical (unpaired) electrons. The molecule has 0 aromatic heterocycles. The maximum absolute atomic E-state index is 9.61. The van der Waals surface area contributed by atoms with Crippen LogP contribution in [-0.2, 0) is 11.3 Å². The van der Waals surface area contributed by atoms with E-state index < -0.39 is 0 Å². The van der Waals surface area contributed by atoms with Crippen molar-refractivity contribution < 1.29 is 9.84 Å². The van der Waals surface area contributed by atoms with Crippen molar-refractivity contribution in [2.45, 2.75) is 19.4 Å². The van der Waals surface area contributed by atoms with E-state index in [1.165, 1.54) is 0 Å². The zero-order valence-corrected chi connectivity index (χ0v) is 13.1. The fourth-order valence-electron chi connectivity index (χ4n) is 2.34. The lowest BCUT2D eigenvalue weighted by Crippen LogP contribution is -2.41. The molecule has 0 amide bonds. The standard InChI is InChI=1S/C14H19BrClNO2/c15-13-2-1-12(16)7-11(13)8-17-9-14(10-18)3-5-19-6-4-14/h1-2,7,17-18H,3-6,8-10H2. The summed E-state index contributed by atoms with van der Waals surface area (Å²) in [6.45, 7) is 3.22. The third-order valence-corrected chi connectivity index (χ3v) is 4.72. The van der Waals surface area contributed by atoms with Gasteiger partial charge in [-0.05, 0) is 36.6 Å². The van der Waals surface area contributed by atoms with Crippen molar-refractivity contribution in [2.24, 2.45) is 5.41 Å². The molecule has 19 heavy (non-hydrogen) atoms. The zero-order chi connectivity index (χ0) is 13.7. The van der Waals surface area contributed by atoms with Crippen LogP contribution in [0.3, 0.4) is 0 Å². The molecule has 1 aromatic carbocycles. The predicted octanol–water partition coefficient (Wildman–Crippen LogP) is 2.98. The molecule has 1 heterocycles. The van der Waals surface area contributed by atoms with Crippen molar-refractivity contribution in [1.29, 1.82) is 0 Å². The summed E-state index contributed by atoms with van der Waals surface area (Å²) in [6.07, 6.45) is 1.82. The second kappa shape index (κ2) is 7.04. The van der Waals surface area contributed by atoms with Gasteiger partial charge in [-0.25, -0.2) is 0 Å². The van der Waals surface area contributed by atoms with Gasteiger partial charge in [0.05, 0.1) is 6.61 Å². The molecule has 2 N–H and O–H groups in total. The van der Waals surface area contributed by atoms with Crippen molar-refractivity contribution in [3.8, 4) is 0 Å². The summed E-state index contributed by atoms with van der Waals surface area (Å²) in [5.41, 5.74) is 1.09. The maximum atomic E-state index is 9.61. The van der Waals surface area contributed by atoms with Crippen molar-refractivity contribution in [3.05, 3.63) is 33.3 Å². The van der Waals surface area contributed by atoms with E-state index >= 15 is 0 Å². The molecule has 0 aliphatic carbocycles. The molecular weight excluding hydrogens is 330 g/mol. The third kappa shape index (κ3) is 4.17. The predicted molar refractivity (Wildman–Crippen MR) is 80.4 cm³/mol. The average Bonchev–Trinajstić information content (AvgIpc) is 2.44. The van der Waals surface area contributed by atoms with Crippen molar-refractivity contribution in [3.63, 3.8) is 0 Å². The maximum Gasteiger partial charge on any atom is 0.0501 e. The third-order valence-electron chi connectivity index (χ3n) is 3.71. The second-order valence-electron chi connectivity index (χ2n) is 5.11. The highest BCUT2D eigenvalue weighted by Crippen LogP contribution is 2.29. The van der Waals surface area contributed by atoms with Crippen LogP contribution in [0.4, 0.5) is 0 Å². The molecule has 106 valence electrons. The molecule has 3 nitrogen and oxygen atoms in total. The zero-order valence-electron chi connectivity index (χ0n) is 10.8. The number of halogens is 2. The fraction of sp³-hybridized carbons (Fsp3) is 0.571. The summed E-state index contributed by atoms with van der Waals surface area (Å²) in [4.78, 5) is 0. The molecule has 0 spiro atoms. The van der Waals surface area contributed by atoms with Gasteiger partial charge in [0.2, 0.25) is 0 Å². The van der Waals surface area contributed by atoms with Crippen LogP contribution in [0.5, 0.6) is 0 Å². The van der Waals surface area contributed by atoms with Crippen LogP contribution in [0, 0.1) is 5.41 Å². The van der Waals surface area contributed by atoms with Gasteiger partial charge < -0.3 is 15.2 Å². The highest BCUT2D eigenvalue weighted by Gasteiger charge is 2.31. The minimum atomic E-state index is -0.0384. The second-order valence-corrected chi connectivity index (χ2v) is 6.40. The minimum absolute atomic E-state index is 0.0384. The molecule has 0 atom stereocenters. The first-order valence-corrected chi connectivity index (χ1v) is 7.66. The smallest absolute Gasteiger partial charge is 0.0501 e. The number of nitrogens with one attached hydrogen (secondary N) is 1. The number of ether oxygens (including phenoxy) is 1. The summed E-state index contributed by atoms with van der Waals surface area (Å²) in [5.74, 6) is 0. The number of hydrogen-bond acceptors (Lipinski definition) is 3. The Morgan fingerprint density at radius 1 is 1.37 bits per heavy atom. The lowest BCUT2D eigenvalue weighted by molar-refractivity contribution is -0.0154. The first-order valence-electron chi connectivity index (χ1n) is 6.48. The van der Waals surface area contributed by atoms with Gasteiger partial charge in [0.15, 0.2) is 0 Å². The number of aliphatic hydroxyl groups excluding tert-OH is 1. The highest BCUT2D eigenvalue weighted by atomic mass is 79.9. The highest BCUT2D eigenvalue weighted by molar-refractivity contribution is 9.10. The van der Waals surface area contributed by atoms with Crippen LogP contribution >= 0.6 is 27.5 Å². The molecule has 0 saturated carbocycles. The van der Waals surface area contributed by atoms with Gasteiger partial charge >= 0.3 is 0 Å². The fourth-order valence-corrected chi connectivity index (χ4v) is 2.92. The Kier molecular flexibility index (Phi) is 5.66. The van der Waals surface area contributed by atoms with Gasteiger partial charge in [-0.1, -0.05) is 27.5 Å². The molecule has 1 saturated heterocycles. The first-order chi connectivity index (χ1) is 9.15. The Hall–Kier alpha value is -0.130. The molecule has 1 aliphatic rings. The molecular formula is C14H19BrClNO2. The van der Waals surface area contributed by atoms with Crippen LogP contribution in [0.2, 0.25) is 5.02 Å². The lowest BCUT2D eigenvalue weighted by Gasteiger charge is -2.35. The van der Waals surface area contributed by atoms with Crippen molar-refractivity contribution in [2.75, 3.05) is 26.4 Å². The summed E-state index contributed by atoms with van der Waals surface area (Å²) in [5, 5.41) is 13.8. The van der Waals surface area contributed by atoms with Gasteiger partial charge in [0.25, 0.3) is 0 Å². The molecule has 1 aliphatic heterocycles. The molecule has 0 unspecified atom stereocenters. The number of benzene rings is 1. The van der Waals surface area contributed by atoms with E-state index in [2.05, 4.69) is 21.2 Å². The van der Waals surface area contributed by atoms with Gasteiger partial charge in [0, 0.05) is 41.2 Å². The van der Waals surface area contributed by atoms with E-state index in [-0.39, 0.29) is 12.0 Å². The Bertz CT molecular complexity index is 422. The van der Waals surface area contributed by atoms with Crippen molar-refractivity contribution >= 4 is 27.5 Å². The quantitative estimate of drug-likeness (QED) is 0.859. The average molecular weight is 349 g/mol. The van der Waals surface area contributed by atoms with E-state index in [0.29, 0.717) is 0 Å². The monoisotopic (exact) mass is 347 g/mol. The van der Waals surface area contributed by atoms with Crippen LogP contribution in [0.25, 0.3) is 0 Å². The minimum Gasteiger partial charge on any atom is -0.396 e. The van der Waals surface area contributed by atoms with Crippen LogP contribution in [-0.4, -0.2) is 31.5 Å². The molecule has 1 aromatic rings. The first kappa shape index (κ1) is 15.3. The van der Waals surface area contributed by atoms with Gasteiger partial charge in [-0.3, -0.25) is 0 Å². The Morgan fingerprint density at radius 3 is 2.79 bits per heavy atom. The van der Waals surface area contributed by atoms with Crippen molar-refractivity contribution in [1.82, 2.24) is 5.32 Å². The molecule has 5 heteroatoms. The number of hydrogen-bond donors (Lipinski definition) is 2. The normalized spacial score (nSPS) is 18.5. The van der Waals surface area contributed by atoms with E-state index in [0.717, 1.165) is 54.2 Å². The summed E-state index contributed by atoms with van der Waals surface area (Å²) in [6, 6.07) is 5.77. The van der Waals surface area contributed by atoms with Crippen LogP contribution in [0.15, 0.2) is 22.7 Å².